The van der Waals surface area contributed by atoms with Crippen LogP contribution in [0.5, 0.6) is 11.5 Å². The van der Waals surface area contributed by atoms with Crippen LogP contribution in [-0.4, -0.2) is 35.3 Å². The van der Waals surface area contributed by atoms with Crippen molar-refractivity contribution in [2.24, 2.45) is 5.10 Å². The minimum Gasteiger partial charge on any atom is -0.493 e. The first-order valence-corrected chi connectivity index (χ1v) is 8.22. The summed E-state index contributed by atoms with van der Waals surface area (Å²) < 4.78 is 26.1. The summed E-state index contributed by atoms with van der Waals surface area (Å²) in [4.78, 5) is 0. The molecule has 6 nitrogen and oxygen atoms in total. The number of aromatic amines is 1. The maximum Gasteiger partial charge on any atom is 0.216 e. The Balaban J connectivity index is 2.05. The van der Waals surface area contributed by atoms with E-state index in [9.17, 15) is 4.39 Å². The lowest BCUT2D eigenvalue weighted by atomic mass is 10.2. The number of aromatic nitrogens is 3. The number of halogens is 2. The monoisotopic (exact) mass is 392 g/mol. The van der Waals surface area contributed by atoms with Crippen LogP contribution in [0, 0.1) is 10.6 Å². The molecule has 0 radical (unpaired) electrons. The second kappa shape index (κ2) is 7.67. The van der Waals surface area contributed by atoms with Crippen molar-refractivity contribution in [3.05, 3.63) is 57.6 Å². The molecular weight excluding hydrogens is 379 g/mol. The van der Waals surface area contributed by atoms with Crippen LogP contribution in [0.15, 0.2) is 41.5 Å². The summed E-state index contributed by atoms with van der Waals surface area (Å²) >= 11 is 11.2. The fourth-order valence-electron chi connectivity index (χ4n) is 2.31. The second-order valence-electron chi connectivity index (χ2n) is 5.11. The van der Waals surface area contributed by atoms with E-state index in [-0.39, 0.29) is 15.4 Å². The molecule has 0 aliphatic carbocycles. The molecule has 2 aromatic carbocycles. The van der Waals surface area contributed by atoms with Crippen molar-refractivity contribution >= 4 is 30.0 Å². The van der Waals surface area contributed by atoms with Gasteiger partial charge in [0.1, 0.15) is 5.82 Å². The largest absolute Gasteiger partial charge is 0.493 e. The van der Waals surface area contributed by atoms with Crippen LogP contribution in [0.25, 0.3) is 11.4 Å². The molecule has 0 unspecified atom stereocenters. The van der Waals surface area contributed by atoms with Crippen molar-refractivity contribution in [2.75, 3.05) is 14.2 Å². The van der Waals surface area contributed by atoms with Crippen LogP contribution >= 0.6 is 23.8 Å². The Morgan fingerprint density at radius 1 is 1.23 bits per heavy atom. The molecule has 0 spiro atoms. The van der Waals surface area contributed by atoms with Gasteiger partial charge in [-0.2, -0.15) is 14.9 Å². The zero-order valence-corrected chi connectivity index (χ0v) is 15.4. The van der Waals surface area contributed by atoms with Gasteiger partial charge in [-0.15, -0.1) is 0 Å². The molecular formula is C17H14ClFN4O2S. The lowest BCUT2D eigenvalue weighted by Crippen LogP contribution is -1.98. The van der Waals surface area contributed by atoms with Crippen LogP contribution in [0.1, 0.15) is 5.56 Å². The SMILES string of the molecule is COc1ccc(-c2n[nH]c(=S)n2N=Cc2c(F)cccc2Cl)cc1OC. The maximum atomic E-state index is 13.9. The van der Waals surface area contributed by atoms with Crippen LogP contribution < -0.4 is 9.47 Å². The zero-order valence-electron chi connectivity index (χ0n) is 13.9. The predicted molar refractivity (Wildman–Crippen MR) is 100 cm³/mol. The second-order valence-corrected chi connectivity index (χ2v) is 5.91. The van der Waals surface area contributed by atoms with Crippen molar-refractivity contribution in [3.63, 3.8) is 0 Å². The number of benzene rings is 2. The average Bonchev–Trinajstić information content (AvgIpc) is 3.01. The summed E-state index contributed by atoms with van der Waals surface area (Å²) in [7, 11) is 3.09. The highest BCUT2D eigenvalue weighted by Crippen LogP contribution is 2.31. The lowest BCUT2D eigenvalue weighted by molar-refractivity contribution is 0.355. The maximum absolute atomic E-state index is 13.9. The first-order chi connectivity index (χ1) is 12.5. The van der Waals surface area contributed by atoms with E-state index in [1.54, 1.807) is 31.4 Å². The molecule has 0 fully saturated rings. The minimum atomic E-state index is -0.482. The Hall–Kier alpha value is -2.71. The van der Waals surface area contributed by atoms with E-state index in [0.717, 1.165) is 0 Å². The molecule has 0 amide bonds. The number of rotatable bonds is 5. The molecule has 26 heavy (non-hydrogen) atoms. The predicted octanol–water partition coefficient (Wildman–Crippen LogP) is 4.30. The Bertz CT molecular complexity index is 1010. The molecule has 0 atom stereocenters. The van der Waals surface area contributed by atoms with Gasteiger partial charge in [0.2, 0.25) is 4.77 Å². The number of nitrogens with one attached hydrogen (secondary N) is 1. The highest BCUT2D eigenvalue weighted by Gasteiger charge is 2.12. The van der Waals surface area contributed by atoms with E-state index < -0.39 is 5.82 Å². The Kier molecular flexibility index (Phi) is 5.34. The van der Waals surface area contributed by atoms with Crippen molar-refractivity contribution in [3.8, 4) is 22.9 Å². The topological polar surface area (TPSA) is 64.4 Å². The number of H-pyrrole nitrogens is 1. The molecule has 0 aliphatic heterocycles. The van der Waals surface area contributed by atoms with Gasteiger partial charge in [-0.3, -0.25) is 0 Å². The van der Waals surface area contributed by atoms with Crippen LogP contribution in [0.2, 0.25) is 5.02 Å². The molecule has 0 bridgehead atoms. The zero-order chi connectivity index (χ0) is 18.7. The fraction of sp³-hybridized carbons (Fsp3) is 0.118. The Morgan fingerprint density at radius 3 is 2.69 bits per heavy atom. The Morgan fingerprint density at radius 2 is 2.00 bits per heavy atom. The number of hydrogen-bond donors (Lipinski definition) is 1. The van der Waals surface area contributed by atoms with Gasteiger partial charge in [0.05, 0.1) is 25.5 Å². The van der Waals surface area contributed by atoms with E-state index in [4.69, 9.17) is 33.3 Å². The summed E-state index contributed by atoms with van der Waals surface area (Å²) in [5.74, 6) is 1.06. The first-order valence-electron chi connectivity index (χ1n) is 7.43. The molecule has 1 aromatic heterocycles. The quantitative estimate of drug-likeness (QED) is 0.519. The van der Waals surface area contributed by atoms with Crippen molar-refractivity contribution in [1.82, 2.24) is 14.9 Å². The third-order valence-corrected chi connectivity index (χ3v) is 4.19. The normalized spacial score (nSPS) is 11.1. The summed E-state index contributed by atoms with van der Waals surface area (Å²) in [6.45, 7) is 0. The van der Waals surface area contributed by atoms with Crippen LogP contribution in [-0.2, 0) is 0 Å². The summed E-state index contributed by atoms with van der Waals surface area (Å²) in [5, 5.41) is 11.3. The fourth-order valence-corrected chi connectivity index (χ4v) is 2.70. The molecule has 3 aromatic rings. The Labute approximate surface area is 158 Å². The highest BCUT2D eigenvalue weighted by molar-refractivity contribution is 7.71. The molecule has 0 aliphatic rings. The summed E-state index contributed by atoms with van der Waals surface area (Å²) in [6, 6.07) is 9.68. The van der Waals surface area contributed by atoms with Gasteiger partial charge in [-0.1, -0.05) is 17.7 Å². The van der Waals surface area contributed by atoms with E-state index in [2.05, 4.69) is 15.3 Å². The van der Waals surface area contributed by atoms with Gasteiger partial charge in [0, 0.05) is 11.1 Å². The number of hydrogen-bond acceptors (Lipinski definition) is 5. The molecule has 9 heteroatoms. The van der Waals surface area contributed by atoms with E-state index in [0.29, 0.717) is 22.9 Å². The van der Waals surface area contributed by atoms with Crippen molar-refractivity contribution in [2.45, 2.75) is 0 Å². The smallest absolute Gasteiger partial charge is 0.216 e. The van der Waals surface area contributed by atoms with E-state index in [1.807, 2.05) is 0 Å². The van der Waals surface area contributed by atoms with Crippen LogP contribution in [0.4, 0.5) is 4.39 Å². The number of nitrogens with zero attached hydrogens (tertiary/aromatic N) is 3. The van der Waals surface area contributed by atoms with E-state index in [1.165, 1.54) is 30.1 Å². The average molecular weight is 393 g/mol. The van der Waals surface area contributed by atoms with Gasteiger partial charge in [0.25, 0.3) is 0 Å². The minimum absolute atomic E-state index is 0.163. The molecule has 0 saturated carbocycles. The first kappa shape index (κ1) is 18.1. The van der Waals surface area contributed by atoms with Gasteiger partial charge in [-0.25, -0.2) is 9.49 Å². The van der Waals surface area contributed by atoms with Crippen molar-refractivity contribution < 1.29 is 13.9 Å². The number of methoxy groups -OCH3 is 2. The molecule has 134 valence electrons. The van der Waals surface area contributed by atoms with Crippen LogP contribution in [0.3, 0.4) is 0 Å². The molecule has 1 N–H and O–H groups in total. The highest BCUT2D eigenvalue weighted by atomic mass is 35.5. The third-order valence-electron chi connectivity index (χ3n) is 3.59. The molecule has 1 heterocycles. The third kappa shape index (κ3) is 3.47. The molecule has 3 rings (SSSR count). The van der Waals surface area contributed by atoms with Gasteiger partial charge >= 0.3 is 0 Å². The summed E-state index contributed by atoms with van der Waals surface area (Å²) in [5.41, 5.74) is 0.849. The van der Waals surface area contributed by atoms with Gasteiger partial charge < -0.3 is 9.47 Å². The van der Waals surface area contributed by atoms with Gasteiger partial charge in [-0.05, 0) is 42.5 Å². The van der Waals surface area contributed by atoms with E-state index >= 15 is 0 Å². The molecule has 0 saturated heterocycles. The summed E-state index contributed by atoms with van der Waals surface area (Å²) in [6.07, 6.45) is 1.30. The lowest BCUT2D eigenvalue weighted by Gasteiger charge is -2.09. The number of ether oxygens (including phenoxy) is 2. The van der Waals surface area contributed by atoms with Gasteiger partial charge in [0.15, 0.2) is 17.3 Å². The van der Waals surface area contributed by atoms with Crippen molar-refractivity contribution in [1.29, 1.82) is 0 Å². The standard InChI is InChI=1S/C17H14ClFN4O2S/c1-24-14-7-6-10(8-15(14)25-2)16-21-22-17(26)23(16)20-9-11-12(18)4-3-5-13(11)19/h3-9H,1-2H3,(H,22,26).